The standard InChI is InChI=1S/C14H18N2O2S/c1-16(10-14(17)4-7-18-8-5-14)13-11-3-9-19-12(11)2-6-15-13/h2-3,6,9,17H,4-5,7-8,10H2,1H3. The number of likely N-dealkylation sites (N-methyl/N-ethyl adjacent to an activating group) is 1. The molecule has 0 amide bonds. The number of pyridine rings is 1. The number of rotatable bonds is 3. The highest BCUT2D eigenvalue weighted by atomic mass is 32.1. The zero-order valence-corrected chi connectivity index (χ0v) is 11.8. The smallest absolute Gasteiger partial charge is 0.137 e. The van der Waals surface area contributed by atoms with Gasteiger partial charge in [0.1, 0.15) is 5.82 Å². The summed E-state index contributed by atoms with van der Waals surface area (Å²) in [6, 6.07) is 4.12. The predicted octanol–water partition coefficient (Wildman–Crippen LogP) is 2.27. The highest BCUT2D eigenvalue weighted by Crippen LogP contribution is 2.30. The van der Waals surface area contributed by atoms with Crippen molar-refractivity contribution in [1.29, 1.82) is 0 Å². The Morgan fingerprint density at radius 1 is 1.42 bits per heavy atom. The maximum atomic E-state index is 10.6. The van der Waals surface area contributed by atoms with E-state index in [-0.39, 0.29) is 0 Å². The summed E-state index contributed by atoms with van der Waals surface area (Å²) >= 11 is 1.71. The number of anilines is 1. The number of hydrogen-bond donors (Lipinski definition) is 1. The SMILES string of the molecule is CN(CC1(O)CCOCC1)c1nccc2sccc12. The minimum absolute atomic E-state index is 0.596. The number of ether oxygens (including phenoxy) is 1. The van der Waals surface area contributed by atoms with Gasteiger partial charge in [0.05, 0.1) is 5.60 Å². The van der Waals surface area contributed by atoms with Crippen LogP contribution in [0.1, 0.15) is 12.8 Å². The first-order valence-corrected chi connectivity index (χ1v) is 7.39. The van der Waals surface area contributed by atoms with Gasteiger partial charge in [-0.1, -0.05) is 0 Å². The lowest BCUT2D eigenvalue weighted by Crippen LogP contribution is -2.46. The second-order valence-corrected chi connectivity index (χ2v) is 6.11. The molecule has 1 aliphatic heterocycles. The Labute approximate surface area is 116 Å². The molecule has 3 heterocycles. The van der Waals surface area contributed by atoms with E-state index < -0.39 is 5.60 Å². The Kier molecular flexibility index (Phi) is 3.43. The van der Waals surface area contributed by atoms with Gasteiger partial charge < -0.3 is 14.7 Å². The van der Waals surface area contributed by atoms with E-state index >= 15 is 0 Å². The number of nitrogens with zero attached hydrogens (tertiary/aromatic N) is 2. The van der Waals surface area contributed by atoms with Crippen molar-refractivity contribution in [2.45, 2.75) is 18.4 Å². The van der Waals surface area contributed by atoms with E-state index in [4.69, 9.17) is 4.74 Å². The Morgan fingerprint density at radius 2 is 2.21 bits per heavy atom. The monoisotopic (exact) mass is 278 g/mol. The van der Waals surface area contributed by atoms with Crippen LogP contribution in [0, 0.1) is 0 Å². The van der Waals surface area contributed by atoms with Gasteiger partial charge in [-0.2, -0.15) is 0 Å². The van der Waals surface area contributed by atoms with Crippen LogP contribution in [0.3, 0.4) is 0 Å². The van der Waals surface area contributed by atoms with Crippen molar-refractivity contribution in [2.24, 2.45) is 0 Å². The van der Waals surface area contributed by atoms with Gasteiger partial charge in [-0.05, 0) is 17.5 Å². The van der Waals surface area contributed by atoms with Gasteiger partial charge in [-0.25, -0.2) is 4.98 Å². The van der Waals surface area contributed by atoms with Crippen LogP contribution in [0.25, 0.3) is 10.1 Å². The molecule has 3 rings (SSSR count). The topological polar surface area (TPSA) is 45.6 Å². The van der Waals surface area contributed by atoms with E-state index in [2.05, 4.69) is 21.3 Å². The van der Waals surface area contributed by atoms with Crippen molar-refractivity contribution in [1.82, 2.24) is 4.98 Å². The lowest BCUT2D eigenvalue weighted by Gasteiger charge is -2.36. The molecule has 0 unspecified atom stereocenters. The van der Waals surface area contributed by atoms with Crippen LogP contribution in [0.5, 0.6) is 0 Å². The van der Waals surface area contributed by atoms with Gasteiger partial charge in [-0.15, -0.1) is 11.3 Å². The quantitative estimate of drug-likeness (QED) is 0.935. The molecule has 5 heteroatoms. The molecule has 1 fully saturated rings. The molecular weight excluding hydrogens is 260 g/mol. The Balaban J connectivity index is 1.83. The first kappa shape index (κ1) is 12.8. The third-order valence-corrected chi connectivity index (χ3v) is 4.56. The molecule has 102 valence electrons. The molecule has 0 spiro atoms. The van der Waals surface area contributed by atoms with Gasteiger partial charge in [0.25, 0.3) is 0 Å². The number of aromatic nitrogens is 1. The number of thiophene rings is 1. The Hall–Kier alpha value is -1.17. The highest BCUT2D eigenvalue weighted by molar-refractivity contribution is 7.17. The average Bonchev–Trinajstić information content (AvgIpc) is 2.86. The molecule has 1 N–H and O–H groups in total. The van der Waals surface area contributed by atoms with Crippen molar-refractivity contribution >= 4 is 27.2 Å². The third-order valence-electron chi connectivity index (χ3n) is 3.68. The number of hydrogen-bond acceptors (Lipinski definition) is 5. The van der Waals surface area contributed by atoms with Crippen molar-refractivity contribution in [3.05, 3.63) is 23.7 Å². The van der Waals surface area contributed by atoms with Gasteiger partial charge in [0.2, 0.25) is 0 Å². The molecule has 4 nitrogen and oxygen atoms in total. The van der Waals surface area contributed by atoms with Crippen molar-refractivity contribution < 1.29 is 9.84 Å². The van der Waals surface area contributed by atoms with E-state index in [9.17, 15) is 5.11 Å². The number of aliphatic hydroxyl groups is 1. The summed E-state index contributed by atoms with van der Waals surface area (Å²) in [7, 11) is 1.99. The summed E-state index contributed by atoms with van der Waals surface area (Å²) in [6.07, 6.45) is 3.21. The maximum absolute atomic E-state index is 10.6. The molecule has 2 aromatic heterocycles. The average molecular weight is 278 g/mol. The fourth-order valence-corrected chi connectivity index (χ4v) is 3.39. The predicted molar refractivity (Wildman–Crippen MR) is 77.9 cm³/mol. The zero-order chi connectivity index (χ0) is 13.3. The third kappa shape index (κ3) is 2.59. The molecule has 0 radical (unpaired) electrons. The van der Waals surface area contributed by atoms with Crippen LogP contribution >= 0.6 is 11.3 Å². The molecule has 1 saturated heterocycles. The van der Waals surface area contributed by atoms with Crippen LogP contribution in [-0.2, 0) is 4.74 Å². The summed E-state index contributed by atoms with van der Waals surface area (Å²) in [5.41, 5.74) is -0.660. The normalized spacial score (nSPS) is 18.6. The van der Waals surface area contributed by atoms with E-state index in [1.54, 1.807) is 11.3 Å². The van der Waals surface area contributed by atoms with E-state index in [0.29, 0.717) is 32.6 Å². The molecule has 0 aromatic carbocycles. The first-order chi connectivity index (χ1) is 9.18. The lowest BCUT2D eigenvalue weighted by molar-refractivity contribution is -0.0573. The van der Waals surface area contributed by atoms with Crippen molar-refractivity contribution in [2.75, 3.05) is 31.7 Å². The minimum Gasteiger partial charge on any atom is -0.388 e. The fourth-order valence-electron chi connectivity index (χ4n) is 2.61. The largest absolute Gasteiger partial charge is 0.388 e. The summed E-state index contributed by atoms with van der Waals surface area (Å²) in [4.78, 5) is 6.52. The van der Waals surface area contributed by atoms with Crippen LogP contribution in [-0.4, -0.2) is 42.5 Å². The van der Waals surface area contributed by atoms with Gasteiger partial charge in [0, 0.05) is 55.9 Å². The molecule has 2 aromatic rings. The fraction of sp³-hybridized carbons (Fsp3) is 0.500. The minimum atomic E-state index is -0.660. The lowest BCUT2D eigenvalue weighted by atomic mass is 9.94. The molecule has 1 aliphatic rings. The van der Waals surface area contributed by atoms with Crippen molar-refractivity contribution in [3.63, 3.8) is 0 Å². The summed E-state index contributed by atoms with van der Waals surface area (Å²) in [5.74, 6) is 0.943. The molecule has 0 atom stereocenters. The zero-order valence-electron chi connectivity index (χ0n) is 11.0. The van der Waals surface area contributed by atoms with E-state index in [1.807, 2.05) is 19.3 Å². The van der Waals surface area contributed by atoms with Gasteiger partial charge in [-0.3, -0.25) is 0 Å². The van der Waals surface area contributed by atoms with Crippen molar-refractivity contribution in [3.8, 4) is 0 Å². The van der Waals surface area contributed by atoms with Crippen LogP contribution in [0.2, 0.25) is 0 Å². The number of fused-ring (bicyclic) bond motifs is 1. The highest BCUT2D eigenvalue weighted by Gasteiger charge is 2.31. The molecule has 0 bridgehead atoms. The molecular formula is C14H18N2O2S. The molecule has 0 saturated carbocycles. The Bertz CT molecular complexity index is 563. The first-order valence-electron chi connectivity index (χ1n) is 6.51. The van der Waals surface area contributed by atoms with Crippen LogP contribution < -0.4 is 4.90 Å². The van der Waals surface area contributed by atoms with Crippen LogP contribution in [0.4, 0.5) is 5.82 Å². The molecule has 0 aliphatic carbocycles. The maximum Gasteiger partial charge on any atom is 0.137 e. The Morgan fingerprint density at radius 3 is 3.00 bits per heavy atom. The van der Waals surface area contributed by atoms with E-state index in [0.717, 1.165) is 11.2 Å². The van der Waals surface area contributed by atoms with E-state index in [1.165, 1.54) is 4.70 Å². The second kappa shape index (κ2) is 5.07. The summed E-state index contributed by atoms with van der Waals surface area (Å²) < 4.78 is 6.55. The van der Waals surface area contributed by atoms with Crippen LogP contribution in [0.15, 0.2) is 23.7 Å². The summed E-state index contributed by atoms with van der Waals surface area (Å²) in [6.45, 7) is 1.87. The van der Waals surface area contributed by atoms with Gasteiger partial charge >= 0.3 is 0 Å². The summed E-state index contributed by atoms with van der Waals surface area (Å²) in [5, 5.41) is 13.8. The second-order valence-electron chi connectivity index (χ2n) is 5.16. The molecule has 19 heavy (non-hydrogen) atoms. The van der Waals surface area contributed by atoms with Gasteiger partial charge in [0.15, 0.2) is 0 Å².